The Morgan fingerprint density at radius 1 is 1.13 bits per heavy atom. The quantitative estimate of drug-likeness (QED) is 0.390. The molecule has 0 aromatic heterocycles. The molecule has 2 N–H and O–H groups in total. The Labute approximate surface area is 228 Å². The van der Waals surface area contributed by atoms with Crippen molar-refractivity contribution in [3.05, 3.63) is 58.1 Å². The van der Waals surface area contributed by atoms with Gasteiger partial charge in [-0.3, -0.25) is 14.5 Å². The minimum absolute atomic E-state index is 0.116. The summed E-state index contributed by atoms with van der Waals surface area (Å²) in [6.07, 6.45) is -5.15. The van der Waals surface area contributed by atoms with E-state index in [1.807, 2.05) is 11.8 Å². The van der Waals surface area contributed by atoms with Crippen LogP contribution in [0.5, 0.6) is 0 Å². The smallest absolute Gasteiger partial charge is 0.372 e. The van der Waals surface area contributed by atoms with Crippen LogP contribution in [0, 0.1) is 11.6 Å². The van der Waals surface area contributed by atoms with E-state index < -0.39 is 41.6 Å². The fourth-order valence-corrected chi connectivity index (χ4v) is 4.39. The lowest BCUT2D eigenvalue weighted by Crippen LogP contribution is -2.52. The lowest BCUT2D eigenvalue weighted by atomic mass is 10.1. The minimum atomic E-state index is -4.24. The van der Waals surface area contributed by atoms with Gasteiger partial charge in [-0.2, -0.15) is 13.2 Å². The van der Waals surface area contributed by atoms with Gasteiger partial charge in [0.1, 0.15) is 6.61 Å². The van der Waals surface area contributed by atoms with Crippen LogP contribution in [-0.4, -0.2) is 68.3 Å². The van der Waals surface area contributed by atoms with Crippen LogP contribution in [-0.2, 0) is 16.1 Å². The summed E-state index contributed by atoms with van der Waals surface area (Å²) >= 11 is 6.18. The van der Waals surface area contributed by atoms with E-state index in [0.29, 0.717) is 37.0 Å². The number of halogens is 6. The van der Waals surface area contributed by atoms with E-state index in [-0.39, 0.29) is 37.0 Å². The number of hydrogen-bond donors (Lipinski definition) is 2. The molecule has 39 heavy (non-hydrogen) atoms. The van der Waals surface area contributed by atoms with Gasteiger partial charge in [-0.05, 0) is 38.1 Å². The molecule has 0 radical (unpaired) electrons. The van der Waals surface area contributed by atoms with Gasteiger partial charge in [0, 0.05) is 56.0 Å². The fourth-order valence-electron chi connectivity index (χ4n) is 4.22. The number of carbonyl (C=O) groups excluding carboxylic acids is 2. The Morgan fingerprint density at radius 3 is 2.54 bits per heavy atom. The minimum Gasteiger partial charge on any atom is -0.372 e. The van der Waals surface area contributed by atoms with Crippen molar-refractivity contribution >= 4 is 34.8 Å². The van der Waals surface area contributed by atoms with E-state index in [2.05, 4.69) is 10.6 Å². The van der Waals surface area contributed by atoms with Crippen LogP contribution in [0.1, 0.15) is 36.2 Å². The molecule has 0 saturated carbocycles. The third-order valence-corrected chi connectivity index (χ3v) is 6.55. The van der Waals surface area contributed by atoms with Crippen molar-refractivity contribution in [2.24, 2.45) is 0 Å². The van der Waals surface area contributed by atoms with Gasteiger partial charge < -0.3 is 20.3 Å². The molecule has 0 bridgehead atoms. The summed E-state index contributed by atoms with van der Waals surface area (Å²) in [6.45, 7) is 4.33. The number of benzene rings is 2. The third-order valence-electron chi connectivity index (χ3n) is 6.32. The van der Waals surface area contributed by atoms with Crippen molar-refractivity contribution in [2.75, 3.05) is 49.6 Å². The second-order valence-electron chi connectivity index (χ2n) is 9.13. The van der Waals surface area contributed by atoms with E-state index in [4.69, 9.17) is 16.3 Å². The van der Waals surface area contributed by atoms with E-state index in [1.54, 1.807) is 17.9 Å². The molecule has 0 aliphatic carbocycles. The van der Waals surface area contributed by atoms with Gasteiger partial charge in [0.05, 0.1) is 23.4 Å². The van der Waals surface area contributed by atoms with Gasteiger partial charge in [-0.1, -0.05) is 17.7 Å². The topological polar surface area (TPSA) is 73.9 Å². The number of carbonyl (C=O) groups is 2. The second kappa shape index (κ2) is 13.4. The SMILES string of the molecule is CCOCC(=O)NCc1ccc(C(=O)Nc2ccc(Cl)cc2N2CCN(CCC(F)(F)F)[C@H](C)C2)c(F)c1F. The van der Waals surface area contributed by atoms with Crippen LogP contribution >= 0.6 is 11.6 Å². The Morgan fingerprint density at radius 2 is 1.87 bits per heavy atom. The van der Waals surface area contributed by atoms with E-state index in [1.165, 1.54) is 18.2 Å². The summed E-state index contributed by atoms with van der Waals surface area (Å²) < 4.78 is 72.4. The molecule has 0 unspecified atom stereocenters. The summed E-state index contributed by atoms with van der Waals surface area (Å²) in [5.74, 6) is -4.03. The second-order valence-corrected chi connectivity index (χ2v) is 9.56. The highest BCUT2D eigenvalue weighted by Crippen LogP contribution is 2.32. The van der Waals surface area contributed by atoms with E-state index >= 15 is 0 Å². The third kappa shape index (κ3) is 8.51. The summed E-state index contributed by atoms with van der Waals surface area (Å²) in [5, 5.41) is 5.37. The Kier molecular flexibility index (Phi) is 10.5. The fraction of sp³-hybridized carbons (Fsp3) is 0.462. The van der Waals surface area contributed by atoms with Crippen molar-refractivity contribution < 1.29 is 36.3 Å². The van der Waals surface area contributed by atoms with Crippen molar-refractivity contribution in [2.45, 2.75) is 39.0 Å². The number of rotatable bonds is 10. The van der Waals surface area contributed by atoms with E-state index in [9.17, 15) is 31.5 Å². The predicted octanol–water partition coefficient (Wildman–Crippen LogP) is 4.99. The number of alkyl halides is 3. The number of amides is 2. The Bertz CT molecular complexity index is 1180. The lowest BCUT2D eigenvalue weighted by Gasteiger charge is -2.41. The maximum absolute atomic E-state index is 14.8. The lowest BCUT2D eigenvalue weighted by molar-refractivity contribution is -0.139. The number of ether oxygens (including phenoxy) is 1. The maximum atomic E-state index is 14.8. The van der Waals surface area contributed by atoms with Crippen LogP contribution in [0.4, 0.5) is 33.3 Å². The zero-order chi connectivity index (χ0) is 28.7. The van der Waals surface area contributed by atoms with Crippen LogP contribution in [0.3, 0.4) is 0 Å². The average molecular weight is 577 g/mol. The molecule has 1 heterocycles. The molecule has 2 aromatic rings. The van der Waals surface area contributed by atoms with Gasteiger partial charge in [0.2, 0.25) is 5.91 Å². The highest BCUT2D eigenvalue weighted by molar-refractivity contribution is 6.31. The highest BCUT2D eigenvalue weighted by atomic mass is 35.5. The molecule has 1 aliphatic heterocycles. The first kappa shape index (κ1) is 30.6. The predicted molar refractivity (Wildman–Crippen MR) is 138 cm³/mol. The average Bonchev–Trinajstić information content (AvgIpc) is 2.88. The van der Waals surface area contributed by atoms with Crippen LogP contribution < -0.4 is 15.5 Å². The van der Waals surface area contributed by atoms with Gasteiger partial charge in [0.25, 0.3) is 5.91 Å². The number of nitrogens with one attached hydrogen (secondary N) is 2. The number of hydrogen-bond acceptors (Lipinski definition) is 5. The Hall–Kier alpha value is -2.96. The van der Waals surface area contributed by atoms with E-state index in [0.717, 1.165) is 6.07 Å². The monoisotopic (exact) mass is 576 g/mol. The van der Waals surface area contributed by atoms with Crippen molar-refractivity contribution in [1.29, 1.82) is 0 Å². The van der Waals surface area contributed by atoms with Crippen LogP contribution in [0.25, 0.3) is 0 Å². The summed E-state index contributed by atoms with van der Waals surface area (Å²) in [4.78, 5) is 28.2. The zero-order valence-corrected chi connectivity index (χ0v) is 22.3. The molecular weight excluding hydrogens is 547 g/mol. The van der Waals surface area contributed by atoms with Crippen molar-refractivity contribution in [3.63, 3.8) is 0 Å². The molecule has 3 rings (SSSR count). The number of nitrogens with zero attached hydrogens (tertiary/aromatic N) is 2. The molecule has 1 aliphatic rings. The molecule has 1 atom stereocenters. The molecule has 1 saturated heterocycles. The molecule has 7 nitrogen and oxygen atoms in total. The Balaban J connectivity index is 1.71. The molecule has 2 amide bonds. The summed E-state index contributed by atoms with van der Waals surface area (Å²) in [5.41, 5.74) is 0.113. The van der Waals surface area contributed by atoms with Crippen molar-refractivity contribution in [3.8, 4) is 0 Å². The number of anilines is 2. The summed E-state index contributed by atoms with van der Waals surface area (Å²) in [7, 11) is 0. The summed E-state index contributed by atoms with van der Waals surface area (Å²) in [6, 6.07) is 6.76. The van der Waals surface area contributed by atoms with Gasteiger partial charge in [-0.25, -0.2) is 8.78 Å². The molecular formula is C26H30ClF5N4O3. The van der Waals surface area contributed by atoms with Gasteiger partial charge in [0.15, 0.2) is 11.6 Å². The molecule has 0 spiro atoms. The molecule has 214 valence electrons. The first-order valence-corrected chi connectivity index (χ1v) is 12.7. The van der Waals surface area contributed by atoms with Crippen molar-refractivity contribution in [1.82, 2.24) is 10.2 Å². The molecule has 1 fully saturated rings. The van der Waals surface area contributed by atoms with Crippen LogP contribution in [0.15, 0.2) is 30.3 Å². The standard InChI is InChI=1S/C26H30ClF5N4O3/c1-3-39-15-22(37)33-13-17-4-6-19(24(29)23(17)28)25(38)34-20-7-5-18(27)12-21(20)36-11-10-35(16(2)14-36)9-8-26(30,31)32/h4-7,12,16H,3,8-11,13-15H2,1-2H3,(H,33,37)(H,34,38)/t16-/m1/s1. The van der Waals surface area contributed by atoms with Gasteiger partial charge in [-0.15, -0.1) is 0 Å². The maximum Gasteiger partial charge on any atom is 0.390 e. The first-order valence-electron chi connectivity index (χ1n) is 12.4. The zero-order valence-electron chi connectivity index (χ0n) is 21.5. The molecule has 13 heteroatoms. The highest BCUT2D eigenvalue weighted by Gasteiger charge is 2.31. The van der Waals surface area contributed by atoms with Crippen LogP contribution in [0.2, 0.25) is 5.02 Å². The normalized spacial score (nSPS) is 16.3. The largest absolute Gasteiger partial charge is 0.390 e. The molecule has 2 aromatic carbocycles. The van der Waals surface area contributed by atoms with Gasteiger partial charge >= 0.3 is 6.18 Å². The number of piperazine rings is 1. The first-order chi connectivity index (χ1) is 18.4.